The molecule has 0 fully saturated rings. The van der Waals surface area contributed by atoms with Gasteiger partial charge in [-0.25, -0.2) is 0 Å². The van der Waals surface area contributed by atoms with Gasteiger partial charge in [0.1, 0.15) is 0 Å². The maximum absolute atomic E-state index is 12.5. The van der Waals surface area contributed by atoms with Gasteiger partial charge in [0.25, 0.3) is 0 Å². The van der Waals surface area contributed by atoms with Gasteiger partial charge in [-0.15, -0.1) is 0 Å². The second kappa shape index (κ2) is 6.73. The smallest absolute Gasteiger partial charge is 0.376 e. The molecule has 0 saturated carbocycles. The van der Waals surface area contributed by atoms with E-state index in [1.807, 2.05) is 32.0 Å². The molecule has 0 aliphatic carbocycles. The van der Waals surface area contributed by atoms with Crippen molar-refractivity contribution in [2.75, 3.05) is 17.2 Å². The van der Waals surface area contributed by atoms with Gasteiger partial charge in [-0.05, 0) is 61.4 Å². The van der Waals surface area contributed by atoms with Crippen LogP contribution in [0.5, 0.6) is 0 Å². The summed E-state index contributed by atoms with van der Waals surface area (Å²) in [6, 6.07) is 10.2. The van der Waals surface area contributed by atoms with Gasteiger partial charge in [-0.3, -0.25) is 4.79 Å². The molecule has 0 aliphatic rings. The van der Waals surface area contributed by atoms with E-state index in [2.05, 4.69) is 10.6 Å². The molecule has 0 aromatic heterocycles. The predicted molar refractivity (Wildman–Crippen MR) is 84.5 cm³/mol. The molecule has 0 spiro atoms. The quantitative estimate of drug-likeness (QED) is 0.877. The van der Waals surface area contributed by atoms with Crippen molar-refractivity contribution in [3.63, 3.8) is 0 Å². The van der Waals surface area contributed by atoms with Crippen molar-refractivity contribution in [3.05, 3.63) is 59.2 Å². The minimum absolute atomic E-state index is 0.0294. The number of amides is 1. The minimum Gasteiger partial charge on any atom is -0.376 e. The molecule has 3 nitrogen and oxygen atoms in total. The Kier molecular flexibility index (Phi) is 4.93. The number of rotatable bonds is 4. The third-order valence-corrected chi connectivity index (χ3v) is 3.17. The molecule has 0 bridgehead atoms. The van der Waals surface area contributed by atoms with Crippen LogP contribution in [0.4, 0.5) is 24.5 Å². The zero-order valence-corrected chi connectivity index (χ0v) is 12.8. The number of anilines is 2. The predicted octanol–water partition coefficient (Wildman–Crippen LogP) is 4.37. The van der Waals surface area contributed by atoms with Gasteiger partial charge in [0.2, 0.25) is 5.91 Å². The topological polar surface area (TPSA) is 41.1 Å². The average molecular weight is 322 g/mol. The monoisotopic (exact) mass is 322 g/mol. The Balaban J connectivity index is 1.91. The van der Waals surface area contributed by atoms with Gasteiger partial charge in [-0.1, -0.05) is 6.07 Å². The molecular formula is C17H17F3N2O. The summed E-state index contributed by atoms with van der Waals surface area (Å²) in [4.78, 5) is 11.9. The molecule has 2 aromatic carbocycles. The number of nitrogens with one attached hydrogen (secondary N) is 2. The Morgan fingerprint density at radius 2 is 1.52 bits per heavy atom. The summed E-state index contributed by atoms with van der Waals surface area (Å²) in [5, 5.41) is 5.54. The van der Waals surface area contributed by atoms with E-state index in [1.165, 1.54) is 12.1 Å². The molecule has 23 heavy (non-hydrogen) atoms. The molecular weight excluding hydrogens is 305 g/mol. The number of aryl methyl sites for hydroxylation is 2. The highest BCUT2D eigenvalue weighted by molar-refractivity contribution is 5.93. The van der Waals surface area contributed by atoms with Crippen molar-refractivity contribution < 1.29 is 18.0 Å². The zero-order chi connectivity index (χ0) is 17.0. The van der Waals surface area contributed by atoms with E-state index in [1.54, 1.807) is 0 Å². The molecule has 0 radical (unpaired) electrons. The van der Waals surface area contributed by atoms with E-state index in [0.717, 1.165) is 23.3 Å². The van der Waals surface area contributed by atoms with Crippen LogP contribution in [0.2, 0.25) is 0 Å². The molecule has 122 valence electrons. The first kappa shape index (κ1) is 16.9. The summed E-state index contributed by atoms with van der Waals surface area (Å²) < 4.78 is 37.4. The van der Waals surface area contributed by atoms with Gasteiger partial charge in [0.15, 0.2) is 0 Å². The van der Waals surface area contributed by atoms with Crippen LogP contribution in [0.25, 0.3) is 0 Å². The van der Waals surface area contributed by atoms with Crippen LogP contribution in [0.3, 0.4) is 0 Å². The van der Waals surface area contributed by atoms with Crippen LogP contribution in [0, 0.1) is 13.8 Å². The zero-order valence-electron chi connectivity index (χ0n) is 12.8. The Bertz CT molecular complexity index is 674. The fourth-order valence-corrected chi connectivity index (χ4v) is 2.21. The first-order valence-corrected chi connectivity index (χ1v) is 7.03. The minimum atomic E-state index is -4.36. The molecule has 2 N–H and O–H groups in total. The van der Waals surface area contributed by atoms with Crippen LogP contribution in [-0.4, -0.2) is 12.5 Å². The van der Waals surface area contributed by atoms with Gasteiger partial charge < -0.3 is 10.6 Å². The number of hydrogen-bond acceptors (Lipinski definition) is 2. The van der Waals surface area contributed by atoms with E-state index in [9.17, 15) is 18.0 Å². The molecule has 0 heterocycles. The highest BCUT2D eigenvalue weighted by Crippen LogP contribution is 2.29. The van der Waals surface area contributed by atoms with Gasteiger partial charge in [0, 0.05) is 11.4 Å². The van der Waals surface area contributed by atoms with Crippen LogP contribution >= 0.6 is 0 Å². The highest BCUT2D eigenvalue weighted by Gasteiger charge is 2.29. The van der Waals surface area contributed by atoms with E-state index in [4.69, 9.17) is 0 Å². The fourth-order valence-electron chi connectivity index (χ4n) is 2.21. The standard InChI is InChI=1S/C17H17F3N2O/c1-11-7-12(2)9-15(8-11)22-16(23)10-21-14-5-3-13(4-6-14)17(18,19)20/h3-9,21H,10H2,1-2H3,(H,22,23). The molecule has 0 unspecified atom stereocenters. The number of carbonyl (C=O) groups is 1. The van der Waals surface area contributed by atoms with Gasteiger partial charge in [0.05, 0.1) is 12.1 Å². The summed E-state index contributed by atoms with van der Waals surface area (Å²) in [7, 11) is 0. The van der Waals surface area contributed by atoms with Crippen LogP contribution in [0.1, 0.15) is 16.7 Å². The van der Waals surface area contributed by atoms with Crippen molar-refractivity contribution in [2.45, 2.75) is 20.0 Å². The summed E-state index contributed by atoms with van der Waals surface area (Å²) in [6.45, 7) is 3.84. The van der Waals surface area contributed by atoms with Crippen LogP contribution in [-0.2, 0) is 11.0 Å². The van der Waals surface area contributed by atoms with E-state index in [0.29, 0.717) is 11.4 Å². The fraction of sp³-hybridized carbons (Fsp3) is 0.235. The summed E-state index contributed by atoms with van der Waals surface area (Å²) in [6.07, 6.45) is -4.36. The first-order chi connectivity index (χ1) is 10.7. The molecule has 0 saturated heterocycles. The lowest BCUT2D eigenvalue weighted by molar-refractivity contribution is -0.137. The van der Waals surface area contributed by atoms with Crippen molar-refractivity contribution in [1.29, 1.82) is 0 Å². The number of hydrogen-bond donors (Lipinski definition) is 2. The Morgan fingerprint density at radius 1 is 0.957 bits per heavy atom. The third kappa shape index (κ3) is 5.02. The molecule has 2 rings (SSSR count). The van der Waals surface area contributed by atoms with Crippen LogP contribution < -0.4 is 10.6 Å². The molecule has 1 amide bonds. The van der Waals surface area contributed by atoms with Gasteiger partial charge in [-0.2, -0.15) is 13.2 Å². The van der Waals surface area contributed by atoms with Crippen molar-refractivity contribution in [1.82, 2.24) is 0 Å². The Hall–Kier alpha value is -2.50. The van der Waals surface area contributed by atoms with Gasteiger partial charge >= 0.3 is 6.18 Å². The lowest BCUT2D eigenvalue weighted by atomic mass is 10.1. The number of benzene rings is 2. The maximum Gasteiger partial charge on any atom is 0.416 e. The highest BCUT2D eigenvalue weighted by atomic mass is 19.4. The Morgan fingerprint density at radius 3 is 2.04 bits per heavy atom. The summed E-state index contributed by atoms with van der Waals surface area (Å²) in [5.41, 5.74) is 2.50. The summed E-state index contributed by atoms with van der Waals surface area (Å²) in [5.74, 6) is -0.269. The summed E-state index contributed by atoms with van der Waals surface area (Å²) >= 11 is 0. The normalized spacial score (nSPS) is 11.2. The SMILES string of the molecule is Cc1cc(C)cc(NC(=O)CNc2ccc(C(F)(F)F)cc2)c1. The lowest BCUT2D eigenvalue weighted by Crippen LogP contribution is -2.21. The largest absolute Gasteiger partial charge is 0.416 e. The number of alkyl halides is 3. The van der Waals surface area contributed by atoms with Crippen molar-refractivity contribution >= 4 is 17.3 Å². The van der Waals surface area contributed by atoms with Crippen molar-refractivity contribution in [2.24, 2.45) is 0 Å². The third-order valence-electron chi connectivity index (χ3n) is 3.17. The lowest BCUT2D eigenvalue weighted by Gasteiger charge is -2.10. The second-order valence-corrected chi connectivity index (χ2v) is 5.35. The number of carbonyl (C=O) groups excluding carboxylic acids is 1. The van der Waals surface area contributed by atoms with E-state index in [-0.39, 0.29) is 12.5 Å². The average Bonchev–Trinajstić information content (AvgIpc) is 2.43. The maximum atomic E-state index is 12.5. The second-order valence-electron chi connectivity index (χ2n) is 5.35. The van der Waals surface area contributed by atoms with Crippen LogP contribution in [0.15, 0.2) is 42.5 Å². The number of halogens is 3. The molecule has 0 atom stereocenters. The molecule has 2 aromatic rings. The molecule has 6 heteroatoms. The Labute approximate surface area is 132 Å². The van der Waals surface area contributed by atoms with E-state index < -0.39 is 11.7 Å². The molecule has 0 aliphatic heterocycles. The first-order valence-electron chi connectivity index (χ1n) is 7.03. The van der Waals surface area contributed by atoms with Crippen molar-refractivity contribution in [3.8, 4) is 0 Å². The van der Waals surface area contributed by atoms with E-state index >= 15 is 0 Å².